The Morgan fingerprint density at radius 2 is 1.62 bits per heavy atom. The maximum Gasteiger partial charge on any atom is 0.407 e. The highest BCUT2D eigenvalue weighted by Crippen LogP contribution is 2.44. The summed E-state index contributed by atoms with van der Waals surface area (Å²) < 4.78 is 5.53. The Bertz CT molecular complexity index is 1010. The first-order chi connectivity index (χ1) is 16.4. The third-order valence-electron chi connectivity index (χ3n) is 7.10. The molecule has 2 aromatic rings. The van der Waals surface area contributed by atoms with Crippen molar-refractivity contribution in [2.75, 3.05) is 13.2 Å². The van der Waals surface area contributed by atoms with E-state index in [1.165, 1.54) is 11.1 Å². The highest BCUT2D eigenvalue weighted by Gasteiger charge is 2.43. The number of aliphatic carboxylic acids is 1. The van der Waals surface area contributed by atoms with E-state index in [0.29, 0.717) is 32.2 Å². The molecular formula is C27H32N2O5. The van der Waals surface area contributed by atoms with Crippen LogP contribution in [0.15, 0.2) is 48.5 Å². The Kier molecular flexibility index (Phi) is 7.20. The smallest absolute Gasteiger partial charge is 0.407 e. The number of carbonyl (C=O) groups is 3. The van der Waals surface area contributed by atoms with Crippen molar-refractivity contribution >= 4 is 18.0 Å². The van der Waals surface area contributed by atoms with Crippen molar-refractivity contribution in [2.24, 2.45) is 5.92 Å². The maximum absolute atomic E-state index is 12.5. The van der Waals surface area contributed by atoms with Gasteiger partial charge in [-0.3, -0.25) is 4.79 Å². The minimum absolute atomic E-state index is 0.0130. The van der Waals surface area contributed by atoms with Crippen LogP contribution < -0.4 is 10.6 Å². The lowest BCUT2D eigenvalue weighted by Gasteiger charge is -2.27. The van der Waals surface area contributed by atoms with Crippen molar-refractivity contribution in [3.05, 3.63) is 59.7 Å². The quantitative estimate of drug-likeness (QED) is 0.476. The molecule has 1 atom stereocenters. The van der Waals surface area contributed by atoms with E-state index in [9.17, 15) is 19.5 Å². The first kappa shape index (κ1) is 23.8. The van der Waals surface area contributed by atoms with Gasteiger partial charge in [0.05, 0.1) is 0 Å². The van der Waals surface area contributed by atoms with Gasteiger partial charge in [-0.25, -0.2) is 9.59 Å². The average Bonchev–Trinajstić information content (AvgIpc) is 3.44. The van der Waals surface area contributed by atoms with Gasteiger partial charge in [-0.1, -0.05) is 68.3 Å². The Balaban J connectivity index is 1.20. The third kappa shape index (κ3) is 4.93. The van der Waals surface area contributed by atoms with Gasteiger partial charge in [0.1, 0.15) is 12.1 Å². The maximum atomic E-state index is 12.5. The van der Waals surface area contributed by atoms with Gasteiger partial charge in [-0.15, -0.1) is 0 Å². The molecule has 1 saturated carbocycles. The molecule has 7 heteroatoms. The van der Waals surface area contributed by atoms with Gasteiger partial charge in [-0.2, -0.15) is 0 Å². The van der Waals surface area contributed by atoms with E-state index in [1.54, 1.807) is 6.92 Å². The van der Waals surface area contributed by atoms with Crippen molar-refractivity contribution in [3.8, 4) is 11.1 Å². The number of benzene rings is 2. The van der Waals surface area contributed by atoms with E-state index >= 15 is 0 Å². The zero-order valence-corrected chi connectivity index (χ0v) is 19.5. The largest absolute Gasteiger partial charge is 0.480 e. The van der Waals surface area contributed by atoms with Crippen molar-refractivity contribution in [1.29, 1.82) is 0 Å². The number of rotatable bonds is 9. The van der Waals surface area contributed by atoms with Gasteiger partial charge in [0, 0.05) is 18.4 Å². The third-order valence-corrected chi connectivity index (χ3v) is 7.10. The Morgan fingerprint density at radius 1 is 1.03 bits per heavy atom. The number of hydrogen-bond donors (Lipinski definition) is 3. The second-order valence-corrected chi connectivity index (χ2v) is 9.38. The fourth-order valence-electron chi connectivity index (χ4n) is 5.11. The molecule has 4 rings (SSSR count). The highest BCUT2D eigenvalue weighted by atomic mass is 16.5. The summed E-state index contributed by atoms with van der Waals surface area (Å²) in [6, 6.07) is 16.4. The summed E-state index contributed by atoms with van der Waals surface area (Å²) in [5.74, 6) is -1.52. The van der Waals surface area contributed by atoms with Crippen LogP contribution in [0.1, 0.15) is 62.5 Å². The van der Waals surface area contributed by atoms with Gasteiger partial charge in [0.25, 0.3) is 0 Å². The lowest BCUT2D eigenvalue weighted by Crippen LogP contribution is -2.53. The van der Waals surface area contributed by atoms with Crippen LogP contribution in [0.3, 0.4) is 0 Å². The summed E-state index contributed by atoms with van der Waals surface area (Å²) in [5, 5.41) is 15.1. The molecule has 2 aliphatic rings. The molecule has 0 radical (unpaired) electrons. The second kappa shape index (κ2) is 10.3. The lowest BCUT2D eigenvalue weighted by atomic mass is 9.95. The van der Waals surface area contributed by atoms with Gasteiger partial charge in [0.2, 0.25) is 5.91 Å². The number of ether oxygens (including phenoxy) is 1. The normalized spacial score (nSPS) is 16.9. The summed E-state index contributed by atoms with van der Waals surface area (Å²) in [4.78, 5) is 36.4. The van der Waals surface area contributed by atoms with Crippen molar-refractivity contribution in [1.82, 2.24) is 10.6 Å². The van der Waals surface area contributed by atoms with E-state index in [1.807, 2.05) is 24.3 Å². The van der Waals surface area contributed by atoms with Crippen LogP contribution in [0.2, 0.25) is 0 Å². The molecular weight excluding hydrogens is 432 g/mol. The molecule has 2 aromatic carbocycles. The highest BCUT2D eigenvalue weighted by molar-refractivity contribution is 5.88. The Morgan fingerprint density at radius 3 is 2.21 bits per heavy atom. The van der Waals surface area contributed by atoms with Crippen LogP contribution in [0.5, 0.6) is 0 Å². The minimum atomic E-state index is -1.12. The number of carboxylic acid groups (broad SMARTS) is 1. The Labute approximate surface area is 199 Å². The van der Waals surface area contributed by atoms with E-state index in [4.69, 9.17) is 4.74 Å². The molecule has 7 nitrogen and oxygen atoms in total. The molecule has 0 heterocycles. The van der Waals surface area contributed by atoms with E-state index in [2.05, 4.69) is 34.9 Å². The molecule has 0 spiro atoms. The van der Waals surface area contributed by atoms with Crippen LogP contribution >= 0.6 is 0 Å². The Hall–Kier alpha value is -3.35. The van der Waals surface area contributed by atoms with Crippen molar-refractivity contribution in [3.63, 3.8) is 0 Å². The number of hydrogen-bond acceptors (Lipinski definition) is 4. The van der Waals surface area contributed by atoms with Crippen LogP contribution in [-0.2, 0) is 14.3 Å². The number of alkyl carbamates (subject to hydrolysis) is 1. The molecule has 1 fully saturated rings. The summed E-state index contributed by atoms with van der Waals surface area (Å²) in [6.07, 6.45) is 3.24. The van der Waals surface area contributed by atoms with Crippen LogP contribution in [0.4, 0.5) is 4.79 Å². The van der Waals surface area contributed by atoms with Gasteiger partial charge in [0.15, 0.2) is 0 Å². The van der Waals surface area contributed by atoms with Crippen LogP contribution in [0, 0.1) is 5.92 Å². The van der Waals surface area contributed by atoms with Crippen LogP contribution in [-0.4, -0.2) is 41.8 Å². The molecule has 2 amide bonds. The summed E-state index contributed by atoms with van der Waals surface area (Å²) >= 11 is 0. The molecule has 0 aromatic heterocycles. The zero-order valence-electron chi connectivity index (χ0n) is 19.5. The second-order valence-electron chi connectivity index (χ2n) is 9.38. The molecule has 2 aliphatic carbocycles. The summed E-state index contributed by atoms with van der Waals surface area (Å²) in [6.45, 7) is 2.43. The molecule has 180 valence electrons. The predicted octanol–water partition coefficient (Wildman–Crippen LogP) is 4.46. The first-order valence-electron chi connectivity index (χ1n) is 12.1. The van der Waals surface area contributed by atoms with Gasteiger partial charge in [-0.05, 0) is 47.9 Å². The van der Waals surface area contributed by atoms with E-state index in [-0.39, 0.29) is 24.3 Å². The van der Waals surface area contributed by atoms with Crippen LogP contribution in [0.25, 0.3) is 11.1 Å². The van der Waals surface area contributed by atoms with E-state index < -0.39 is 17.6 Å². The summed E-state index contributed by atoms with van der Waals surface area (Å²) in [5.41, 5.74) is 3.57. The molecule has 0 saturated heterocycles. The summed E-state index contributed by atoms with van der Waals surface area (Å²) in [7, 11) is 0. The fraction of sp³-hybridized carbons (Fsp3) is 0.444. The lowest BCUT2D eigenvalue weighted by molar-refractivity contribution is -0.148. The predicted molar refractivity (Wildman–Crippen MR) is 128 cm³/mol. The number of carbonyl (C=O) groups excluding carboxylic acids is 2. The number of nitrogens with one attached hydrogen (secondary N) is 2. The number of amides is 2. The monoisotopic (exact) mass is 464 g/mol. The van der Waals surface area contributed by atoms with Gasteiger partial charge >= 0.3 is 12.1 Å². The van der Waals surface area contributed by atoms with Gasteiger partial charge < -0.3 is 20.5 Å². The number of carboxylic acids is 1. The standard InChI is InChI=1S/C27H32N2O5/c1-18(24(30)29-27(25(31)32)14-6-7-15-27)9-8-16-28-26(33)34-17-23-21-12-4-2-10-19(21)20-11-3-5-13-22(20)23/h2-5,10-13,18,23H,6-9,14-17H2,1H3,(H,28,33)(H,29,30)(H,31,32). The SMILES string of the molecule is CC(CCCNC(=O)OCC1c2ccccc2-c2ccccc21)C(=O)NC1(C(=O)O)CCCC1. The van der Waals surface area contributed by atoms with Crippen molar-refractivity contribution < 1.29 is 24.2 Å². The fourth-order valence-corrected chi connectivity index (χ4v) is 5.11. The molecule has 3 N–H and O–H groups in total. The first-order valence-corrected chi connectivity index (χ1v) is 12.1. The molecule has 1 unspecified atom stereocenters. The minimum Gasteiger partial charge on any atom is -0.480 e. The number of fused-ring (bicyclic) bond motifs is 3. The topological polar surface area (TPSA) is 105 Å². The molecule has 0 bridgehead atoms. The average molecular weight is 465 g/mol. The molecule has 0 aliphatic heterocycles. The van der Waals surface area contributed by atoms with Crippen molar-refractivity contribution in [2.45, 2.75) is 56.9 Å². The molecule has 34 heavy (non-hydrogen) atoms. The zero-order chi connectivity index (χ0) is 24.1. The van der Waals surface area contributed by atoms with E-state index in [0.717, 1.165) is 24.0 Å².